The quantitative estimate of drug-likeness (QED) is 0.394. The van der Waals surface area contributed by atoms with Gasteiger partial charge in [-0.1, -0.05) is 68.3 Å². The summed E-state index contributed by atoms with van der Waals surface area (Å²) in [6.07, 6.45) is 0. The fraction of sp³-hybridized carbons (Fsp3) is 0.231. The molecule has 0 amide bonds. The number of ether oxygens (including phenoxy) is 2. The van der Waals surface area contributed by atoms with Crippen LogP contribution in [0, 0.1) is 13.8 Å². The van der Waals surface area contributed by atoms with Crippen molar-refractivity contribution < 1.29 is 19.1 Å². The first-order valence-electron chi connectivity index (χ1n) is 9.86. The second-order valence-corrected chi connectivity index (χ2v) is 8.39. The lowest BCUT2D eigenvalue weighted by atomic mass is 9.86. The fourth-order valence-electron chi connectivity index (χ4n) is 2.98. The van der Waals surface area contributed by atoms with Gasteiger partial charge in [-0.2, -0.15) is 0 Å². The van der Waals surface area contributed by atoms with Crippen LogP contribution in [0.2, 0.25) is 0 Å². The van der Waals surface area contributed by atoms with E-state index in [1.807, 2.05) is 65.0 Å². The molecule has 0 spiro atoms. The normalized spacial score (nSPS) is 11.1. The summed E-state index contributed by atoms with van der Waals surface area (Å²) in [5, 5.41) is 0. The van der Waals surface area contributed by atoms with E-state index in [2.05, 4.69) is 0 Å². The Bertz CT molecular complexity index is 1060. The third-order valence-electron chi connectivity index (χ3n) is 4.76. The van der Waals surface area contributed by atoms with Crippen molar-refractivity contribution in [3.8, 4) is 11.5 Å². The number of rotatable bonds is 4. The average Bonchev–Trinajstić information content (AvgIpc) is 2.69. The summed E-state index contributed by atoms with van der Waals surface area (Å²) in [5.74, 6) is -0.530. The van der Waals surface area contributed by atoms with Gasteiger partial charge in [-0.3, -0.25) is 0 Å². The van der Waals surface area contributed by atoms with Crippen molar-refractivity contribution in [3.05, 3.63) is 94.5 Å². The number of esters is 2. The van der Waals surface area contributed by atoms with Gasteiger partial charge in [0.1, 0.15) is 0 Å². The zero-order valence-electron chi connectivity index (χ0n) is 18.0. The smallest absolute Gasteiger partial charge is 0.343 e. The average molecular weight is 402 g/mol. The number of carbonyl (C=O) groups excluding carboxylic acids is 2. The molecule has 0 unspecified atom stereocenters. The maximum atomic E-state index is 12.8. The summed E-state index contributed by atoms with van der Waals surface area (Å²) in [7, 11) is 0. The molecule has 30 heavy (non-hydrogen) atoms. The molecule has 0 saturated heterocycles. The van der Waals surface area contributed by atoms with Crippen LogP contribution < -0.4 is 9.47 Å². The number of aryl methyl sites for hydroxylation is 2. The summed E-state index contributed by atoms with van der Waals surface area (Å²) in [5.41, 5.74) is 3.41. The molecular weight excluding hydrogens is 376 g/mol. The van der Waals surface area contributed by atoms with Crippen molar-refractivity contribution in [1.29, 1.82) is 0 Å². The number of carbonyl (C=O) groups is 2. The first-order valence-corrected chi connectivity index (χ1v) is 9.86. The van der Waals surface area contributed by atoms with Gasteiger partial charge < -0.3 is 9.47 Å². The number of para-hydroxylation sites is 1. The highest BCUT2D eigenvalue weighted by atomic mass is 16.6. The van der Waals surface area contributed by atoms with Gasteiger partial charge in [-0.15, -0.1) is 0 Å². The predicted molar refractivity (Wildman–Crippen MR) is 117 cm³/mol. The zero-order chi connectivity index (χ0) is 21.9. The molecule has 0 aliphatic carbocycles. The Hall–Kier alpha value is -3.40. The molecule has 4 heteroatoms. The SMILES string of the molecule is Cc1ccc(C(=O)Oc2cccc(C(C)(C)C)c2OC(=O)c2ccc(C)cc2)cc1. The molecule has 0 N–H and O–H groups in total. The molecule has 154 valence electrons. The topological polar surface area (TPSA) is 52.6 Å². The van der Waals surface area contributed by atoms with Crippen LogP contribution in [0.1, 0.15) is 58.2 Å². The monoisotopic (exact) mass is 402 g/mol. The third kappa shape index (κ3) is 4.95. The number of hydrogen-bond donors (Lipinski definition) is 0. The Kier molecular flexibility index (Phi) is 6.06. The van der Waals surface area contributed by atoms with Gasteiger partial charge in [0.05, 0.1) is 11.1 Å². The summed E-state index contributed by atoms with van der Waals surface area (Å²) in [6, 6.07) is 19.6. The molecule has 0 heterocycles. The van der Waals surface area contributed by atoms with Gasteiger partial charge in [0.25, 0.3) is 0 Å². The minimum Gasteiger partial charge on any atom is -0.419 e. The van der Waals surface area contributed by atoms with E-state index >= 15 is 0 Å². The van der Waals surface area contributed by atoms with Crippen LogP contribution in [0.4, 0.5) is 0 Å². The van der Waals surface area contributed by atoms with Crippen molar-refractivity contribution in [3.63, 3.8) is 0 Å². The summed E-state index contributed by atoms with van der Waals surface area (Å²) < 4.78 is 11.4. The third-order valence-corrected chi connectivity index (χ3v) is 4.76. The first kappa shape index (κ1) is 21.3. The van der Waals surface area contributed by atoms with E-state index in [-0.39, 0.29) is 16.9 Å². The molecule has 0 aromatic heterocycles. The molecule has 4 nitrogen and oxygen atoms in total. The van der Waals surface area contributed by atoms with Crippen LogP contribution in [0.15, 0.2) is 66.7 Å². The second-order valence-electron chi connectivity index (χ2n) is 8.39. The van der Waals surface area contributed by atoms with E-state index in [1.54, 1.807) is 36.4 Å². The Morgan fingerprint density at radius 3 is 1.60 bits per heavy atom. The standard InChI is InChI=1S/C26H26O4/c1-17-9-13-19(14-10-17)24(27)29-22-8-6-7-21(26(3,4)5)23(22)30-25(28)20-15-11-18(2)12-16-20/h6-16H,1-5H3. The van der Waals surface area contributed by atoms with Gasteiger partial charge in [0.15, 0.2) is 11.5 Å². The van der Waals surface area contributed by atoms with Gasteiger partial charge in [0.2, 0.25) is 0 Å². The number of benzene rings is 3. The maximum Gasteiger partial charge on any atom is 0.343 e. The second kappa shape index (κ2) is 8.54. The molecule has 3 rings (SSSR count). The molecule has 0 saturated carbocycles. The van der Waals surface area contributed by atoms with Gasteiger partial charge in [-0.05, 0) is 49.6 Å². The molecule has 0 bridgehead atoms. The van der Waals surface area contributed by atoms with E-state index in [1.165, 1.54) is 0 Å². The largest absolute Gasteiger partial charge is 0.419 e. The van der Waals surface area contributed by atoms with E-state index in [0.29, 0.717) is 11.1 Å². The maximum absolute atomic E-state index is 12.8. The lowest BCUT2D eigenvalue weighted by molar-refractivity contribution is 0.0679. The van der Waals surface area contributed by atoms with Crippen molar-refractivity contribution in [1.82, 2.24) is 0 Å². The van der Waals surface area contributed by atoms with E-state index < -0.39 is 11.9 Å². The van der Waals surface area contributed by atoms with Crippen molar-refractivity contribution in [2.75, 3.05) is 0 Å². The molecule has 0 atom stereocenters. The van der Waals surface area contributed by atoms with Crippen LogP contribution in [0.5, 0.6) is 11.5 Å². The highest BCUT2D eigenvalue weighted by Gasteiger charge is 2.26. The summed E-state index contributed by atoms with van der Waals surface area (Å²) >= 11 is 0. The van der Waals surface area contributed by atoms with Crippen LogP contribution in [0.25, 0.3) is 0 Å². The van der Waals surface area contributed by atoms with Crippen LogP contribution in [-0.4, -0.2) is 11.9 Å². The Balaban J connectivity index is 1.96. The summed E-state index contributed by atoms with van der Waals surface area (Å²) in [6.45, 7) is 9.93. The zero-order valence-corrected chi connectivity index (χ0v) is 18.0. The lowest BCUT2D eigenvalue weighted by Crippen LogP contribution is -2.18. The Labute approximate surface area is 177 Å². The molecule has 3 aromatic rings. The van der Waals surface area contributed by atoms with Crippen molar-refractivity contribution >= 4 is 11.9 Å². The van der Waals surface area contributed by atoms with E-state index in [4.69, 9.17) is 9.47 Å². The van der Waals surface area contributed by atoms with E-state index in [9.17, 15) is 9.59 Å². The molecular formula is C26H26O4. The van der Waals surface area contributed by atoms with Gasteiger partial charge >= 0.3 is 11.9 Å². The first-order chi connectivity index (χ1) is 14.1. The molecule has 0 aliphatic rings. The number of hydrogen-bond acceptors (Lipinski definition) is 4. The lowest BCUT2D eigenvalue weighted by Gasteiger charge is -2.23. The highest BCUT2D eigenvalue weighted by molar-refractivity contribution is 5.93. The van der Waals surface area contributed by atoms with Crippen LogP contribution in [-0.2, 0) is 5.41 Å². The van der Waals surface area contributed by atoms with Crippen molar-refractivity contribution in [2.24, 2.45) is 0 Å². The molecule has 3 aromatic carbocycles. The molecule has 0 fully saturated rings. The predicted octanol–water partition coefficient (Wildman–Crippen LogP) is 6.04. The molecule has 0 aliphatic heterocycles. The fourth-order valence-corrected chi connectivity index (χ4v) is 2.98. The Morgan fingerprint density at radius 1 is 0.667 bits per heavy atom. The van der Waals surface area contributed by atoms with Crippen LogP contribution in [0.3, 0.4) is 0 Å². The summed E-state index contributed by atoms with van der Waals surface area (Å²) in [4.78, 5) is 25.5. The molecule has 0 radical (unpaired) electrons. The Morgan fingerprint density at radius 2 is 1.13 bits per heavy atom. The van der Waals surface area contributed by atoms with Crippen LogP contribution >= 0.6 is 0 Å². The van der Waals surface area contributed by atoms with Gasteiger partial charge in [-0.25, -0.2) is 9.59 Å². The minimum atomic E-state index is -0.506. The van der Waals surface area contributed by atoms with Gasteiger partial charge in [0, 0.05) is 5.56 Å². The van der Waals surface area contributed by atoms with Crippen molar-refractivity contribution in [2.45, 2.75) is 40.0 Å². The minimum absolute atomic E-state index is 0.216. The highest BCUT2D eigenvalue weighted by Crippen LogP contribution is 2.39. The van der Waals surface area contributed by atoms with E-state index in [0.717, 1.165) is 16.7 Å².